The minimum Gasteiger partial charge on any atom is -0.462 e. The van der Waals surface area contributed by atoms with Crippen molar-refractivity contribution in [2.75, 3.05) is 0 Å². The van der Waals surface area contributed by atoms with Crippen LogP contribution in [0.25, 0.3) is 0 Å². The lowest BCUT2D eigenvalue weighted by Gasteiger charge is -2.40. The van der Waals surface area contributed by atoms with Gasteiger partial charge in [0.25, 0.3) is 0 Å². The Hall–Kier alpha value is -1.92. The van der Waals surface area contributed by atoms with Crippen LogP contribution in [-0.2, 0) is 14.3 Å². The molecule has 1 saturated heterocycles. The van der Waals surface area contributed by atoms with Crippen LogP contribution in [0.1, 0.15) is 26.2 Å². The number of hydrogen-bond acceptors (Lipinski definition) is 5. The number of ether oxygens (including phenoxy) is 1. The first-order valence-electron chi connectivity index (χ1n) is 7.24. The summed E-state index contributed by atoms with van der Waals surface area (Å²) in [5, 5.41) is 11.0. The summed E-state index contributed by atoms with van der Waals surface area (Å²) in [5.74, 6) is -2.08. The van der Waals surface area contributed by atoms with Crippen molar-refractivity contribution < 1.29 is 19.2 Å². The van der Waals surface area contributed by atoms with E-state index >= 15 is 0 Å². The molecule has 0 aromatic heterocycles. The van der Waals surface area contributed by atoms with Gasteiger partial charge in [-0.25, -0.2) is 0 Å². The zero-order chi connectivity index (χ0) is 15.3. The zero-order valence-corrected chi connectivity index (χ0v) is 11.7. The third-order valence-corrected chi connectivity index (χ3v) is 5.16. The number of nitrogens with two attached hydrogens (primary N) is 1. The summed E-state index contributed by atoms with van der Waals surface area (Å²) in [5.41, 5.74) is 6.40. The van der Waals surface area contributed by atoms with Crippen molar-refractivity contribution in [3.63, 3.8) is 0 Å². The maximum atomic E-state index is 11.9. The van der Waals surface area contributed by atoms with Crippen molar-refractivity contribution in [2.24, 2.45) is 29.4 Å². The lowest BCUT2D eigenvalue weighted by atomic mass is 9.62. The molecule has 0 aromatic carbocycles. The highest BCUT2D eigenvalue weighted by atomic mass is 16.6. The summed E-state index contributed by atoms with van der Waals surface area (Å²) in [6.45, 7) is 1.78. The highest BCUT2D eigenvalue weighted by Crippen LogP contribution is 2.49. The molecule has 21 heavy (non-hydrogen) atoms. The Labute approximate surface area is 121 Å². The molecule has 1 aliphatic heterocycles. The lowest BCUT2D eigenvalue weighted by molar-refractivity contribution is -0.524. The average Bonchev–Trinajstić information content (AvgIpc) is 2.70. The van der Waals surface area contributed by atoms with Gasteiger partial charge in [0.05, 0.1) is 11.8 Å². The molecule has 0 aromatic rings. The van der Waals surface area contributed by atoms with E-state index in [1.54, 1.807) is 13.0 Å². The number of nitrogens with zero attached hydrogens (tertiary/aromatic N) is 1. The van der Waals surface area contributed by atoms with Crippen LogP contribution in [0.2, 0.25) is 0 Å². The van der Waals surface area contributed by atoms with Crippen LogP contribution in [0.5, 0.6) is 0 Å². The lowest BCUT2D eigenvalue weighted by Crippen LogP contribution is -2.46. The Morgan fingerprint density at radius 2 is 2.19 bits per heavy atom. The number of primary amides is 1. The van der Waals surface area contributed by atoms with E-state index in [0.29, 0.717) is 19.3 Å². The Bertz CT molecular complexity index is 543. The summed E-state index contributed by atoms with van der Waals surface area (Å²) in [7, 11) is 0. The number of nitro groups is 1. The van der Waals surface area contributed by atoms with E-state index in [9.17, 15) is 19.7 Å². The van der Waals surface area contributed by atoms with E-state index in [1.807, 2.05) is 0 Å². The predicted molar refractivity (Wildman–Crippen MR) is 71.4 cm³/mol. The third-order valence-electron chi connectivity index (χ3n) is 5.16. The Balaban J connectivity index is 1.98. The normalized spacial score (nSPS) is 41.6. The molecule has 2 fully saturated rings. The SMILES string of the molecule is C[C@H]1OC(=O)[C@H]2C=C3C[C@@H]([N+](=O)[O-])CC[C@H]3[C@H](C(N)=O)[C@@H]21. The second kappa shape index (κ2) is 4.82. The van der Waals surface area contributed by atoms with Gasteiger partial charge in [-0.3, -0.25) is 19.7 Å². The van der Waals surface area contributed by atoms with Crippen LogP contribution in [-0.4, -0.2) is 28.9 Å². The van der Waals surface area contributed by atoms with E-state index in [1.165, 1.54) is 0 Å². The zero-order valence-electron chi connectivity index (χ0n) is 11.7. The number of cyclic esters (lactones) is 1. The first-order valence-corrected chi connectivity index (χ1v) is 7.24. The Kier molecular flexibility index (Phi) is 3.22. The van der Waals surface area contributed by atoms with Crippen LogP contribution in [0.3, 0.4) is 0 Å². The smallest absolute Gasteiger partial charge is 0.313 e. The molecule has 1 saturated carbocycles. The molecule has 0 radical (unpaired) electrons. The minimum atomic E-state index is -0.632. The van der Waals surface area contributed by atoms with Gasteiger partial charge in [-0.05, 0) is 19.3 Å². The van der Waals surface area contributed by atoms with Gasteiger partial charge in [-0.15, -0.1) is 0 Å². The van der Waals surface area contributed by atoms with E-state index in [2.05, 4.69) is 0 Å². The number of fused-ring (bicyclic) bond motifs is 2. The average molecular weight is 294 g/mol. The van der Waals surface area contributed by atoms with Crippen molar-refractivity contribution in [1.82, 2.24) is 0 Å². The van der Waals surface area contributed by atoms with Crippen LogP contribution < -0.4 is 5.73 Å². The van der Waals surface area contributed by atoms with Gasteiger partial charge < -0.3 is 10.5 Å². The molecule has 6 atom stereocenters. The number of esters is 1. The van der Waals surface area contributed by atoms with Gasteiger partial charge in [-0.1, -0.05) is 11.6 Å². The molecular formula is C14H18N2O5. The van der Waals surface area contributed by atoms with Crippen LogP contribution in [0, 0.1) is 33.8 Å². The third kappa shape index (κ3) is 2.11. The molecule has 0 unspecified atom stereocenters. The van der Waals surface area contributed by atoms with E-state index < -0.39 is 23.8 Å². The molecule has 114 valence electrons. The maximum Gasteiger partial charge on any atom is 0.313 e. The molecular weight excluding hydrogens is 276 g/mol. The first kappa shape index (κ1) is 14.0. The number of carbonyl (C=O) groups is 2. The summed E-state index contributed by atoms with van der Waals surface area (Å²) >= 11 is 0. The van der Waals surface area contributed by atoms with Crippen molar-refractivity contribution in [3.8, 4) is 0 Å². The standard InChI is InChI=1S/C14H18N2O5/c1-6-11-10(14(18)21-6)5-7-4-8(16(19)20)2-3-9(7)12(11)13(15)17/h5-6,8-12H,2-4H2,1H3,(H2,15,17)/t6-,8+,9-,10+,11-,12+/m1/s1. The largest absolute Gasteiger partial charge is 0.462 e. The summed E-state index contributed by atoms with van der Waals surface area (Å²) in [6, 6.07) is -0.632. The number of hydrogen-bond donors (Lipinski definition) is 1. The topological polar surface area (TPSA) is 113 Å². The van der Waals surface area contributed by atoms with E-state index in [0.717, 1.165) is 5.57 Å². The van der Waals surface area contributed by atoms with Gasteiger partial charge in [0, 0.05) is 23.7 Å². The van der Waals surface area contributed by atoms with Gasteiger partial charge >= 0.3 is 5.97 Å². The van der Waals surface area contributed by atoms with Gasteiger partial charge in [0.15, 0.2) is 0 Å². The molecule has 3 aliphatic rings. The Morgan fingerprint density at radius 1 is 1.48 bits per heavy atom. The maximum absolute atomic E-state index is 11.9. The molecule has 2 N–H and O–H groups in total. The van der Waals surface area contributed by atoms with Gasteiger partial charge in [-0.2, -0.15) is 0 Å². The second-order valence-electron chi connectivity index (χ2n) is 6.24. The molecule has 1 amide bonds. The molecule has 1 heterocycles. The molecule has 2 aliphatic carbocycles. The second-order valence-corrected chi connectivity index (χ2v) is 6.24. The fourth-order valence-corrected chi connectivity index (χ4v) is 4.24. The highest BCUT2D eigenvalue weighted by Gasteiger charge is 2.54. The number of rotatable bonds is 2. The molecule has 3 rings (SSSR count). The number of carbonyl (C=O) groups excluding carboxylic acids is 2. The first-order chi connectivity index (χ1) is 9.90. The van der Waals surface area contributed by atoms with Crippen LogP contribution in [0.15, 0.2) is 11.6 Å². The summed E-state index contributed by atoms with van der Waals surface area (Å²) < 4.78 is 5.24. The fraction of sp³-hybridized carbons (Fsp3) is 0.714. The molecule has 0 spiro atoms. The fourth-order valence-electron chi connectivity index (χ4n) is 4.24. The molecule has 7 heteroatoms. The van der Waals surface area contributed by atoms with Crippen molar-refractivity contribution in [3.05, 3.63) is 21.8 Å². The van der Waals surface area contributed by atoms with Crippen molar-refractivity contribution in [2.45, 2.75) is 38.3 Å². The summed E-state index contributed by atoms with van der Waals surface area (Å²) in [6.07, 6.45) is 2.77. The monoisotopic (exact) mass is 294 g/mol. The van der Waals surface area contributed by atoms with E-state index in [4.69, 9.17) is 10.5 Å². The van der Waals surface area contributed by atoms with Crippen molar-refractivity contribution >= 4 is 11.9 Å². The van der Waals surface area contributed by atoms with Gasteiger partial charge in [0.1, 0.15) is 6.10 Å². The van der Waals surface area contributed by atoms with Crippen molar-refractivity contribution in [1.29, 1.82) is 0 Å². The quantitative estimate of drug-likeness (QED) is 0.348. The number of amides is 1. The predicted octanol–water partition coefficient (Wildman–Crippen LogP) is 0.651. The summed E-state index contributed by atoms with van der Waals surface area (Å²) in [4.78, 5) is 34.5. The van der Waals surface area contributed by atoms with E-state index in [-0.39, 0.29) is 28.8 Å². The van der Waals surface area contributed by atoms with Gasteiger partial charge in [0.2, 0.25) is 11.9 Å². The Morgan fingerprint density at radius 3 is 2.81 bits per heavy atom. The minimum absolute atomic E-state index is 0.0862. The highest BCUT2D eigenvalue weighted by molar-refractivity contribution is 5.83. The van der Waals surface area contributed by atoms with Crippen LogP contribution in [0.4, 0.5) is 0 Å². The molecule has 7 nitrogen and oxygen atoms in total. The van der Waals surface area contributed by atoms with Crippen LogP contribution >= 0.6 is 0 Å². The molecule has 0 bridgehead atoms.